The second-order valence-corrected chi connectivity index (χ2v) is 3.72. The van der Waals surface area contributed by atoms with Gasteiger partial charge in [0.15, 0.2) is 5.13 Å². The largest absolute Gasteiger partial charge is 0.480 e. The average molecular weight is 197 g/mol. The van der Waals surface area contributed by atoms with Gasteiger partial charge in [-0.2, -0.15) is 10.2 Å². The lowest BCUT2D eigenvalue weighted by atomic mass is 10.4. The summed E-state index contributed by atoms with van der Waals surface area (Å²) in [6.07, 6.45) is 0.356. The summed E-state index contributed by atoms with van der Waals surface area (Å²) in [5, 5.41) is 9.41. The number of aromatic nitrogens is 1. The molecule has 0 bridgehead atoms. The van der Waals surface area contributed by atoms with Crippen LogP contribution in [0.4, 0.5) is 5.13 Å². The van der Waals surface area contributed by atoms with Gasteiger partial charge >= 0.3 is 0 Å². The number of nitriles is 1. The van der Waals surface area contributed by atoms with Crippen molar-refractivity contribution in [2.45, 2.75) is 6.42 Å². The first kappa shape index (κ1) is 9.81. The topological polar surface area (TPSA) is 49.1 Å². The van der Waals surface area contributed by atoms with Gasteiger partial charge in [-0.25, -0.2) is 0 Å². The molecular weight excluding hydrogens is 186 g/mol. The molecule has 1 aromatic rings. The van der Waals surface area contributed by atoms with Crippen LogP contribution < -0.4 is 9.64 Å². The monoisotopic (exact) mass is 197 g/mol. The maximum Gasteiger partial charge on any atom is 0.230 e. The smallest absolute Gasteiger partial charge is 0.230 e. The second-order valence-electron chi connectivity index (χ2n) is 2.66. The Kier molecular flexibility index (Phi) is 3.09. The molecule has 0 aromatic carbocycles. The summed E-state index contributed by atoms with van der Waals surface area (Å²) in [5.41, 5.74) is 0. The van der Waals surface area contributed by atoms with Gasteiger partial charge in [0, 0.05) is 14.1 Å². The second kappa shape index (κ2) is 4.10. The minimum absolute atomic E-state index is 0.356. The molecule has 4 nitrogen and oxygen atoms in total. The molecule has 13 heavy (non-hydrogen) atoms. The predicted octanol–water partition coefficient (Wildman–Crippen LogP) is 1.28. The van der Waals surface area contributed by atoms with E-state index in [4.69, 9.17) is 10.00 Å². The van der Waals surface area contributed by atoms with E-state index in [9.17, 15) is 0 Å². The van der Waals surface area contributed by atoms with Gasteiger partial charge in [-0.1, -0.05) is 11.3 Å². The Hall–Kier alpha value is -1.28. The highest BCUT2D eigenvalue weighted by Crippen LogP contribution is 2.30. The molecule has 0 fully saturated rings. The Morgan fingerprint density at radius 1 is 1.62 bits per heavy atom. The van der Waals surface area contributed by atoms with Gasteiger partial charge in [0.05, 0.1) is 24.5 Å². The van der Waals surface area contributed by atoms with Crippen molar-refractivity contribution in [1.82, 2.24) is 4.98 Å². The molecule has 0 aliphatic heterocycles. The lowest BCUT2D eigenvalue weighted by Gasteiger charge is -2.04. The van der Waals surface area contributed by atoms with E-state index >= 15 is 0 Å². The third-order valence-corrected chi connectivity index (χ3v) is 2.67. The molecule has 0 N–H and O–H groups in total. The molecule has 1 heterocycles. The van der Waals surface area contributed by atoms with Crippen LogP contribution in [0.15, 0.2) is 0 Å². The Morgan fingerprint density at radius 3 is 2.77 bits per heavy atom. The van der Waals surface area contributed by atoms with Crippen LogP contribution in [0.2, 0.25) is 0 Å². The van der Waals surface area contributed by atoms with Crippen molar-refractivity contribution in [2.24, 2.45) is 0 Å². The van der Waals surface area contributed by atoms with E-state index in [1.165, 1.54) is 11.3 Å². The molecule has 0 amide bonds. The third-order valence-electron chi connectivity index (χ3n) is 1.47. The third kappa shape index (κ3) is 2.10. The zero-order valence-electron chi connectivity index (χ0n) is 7.87. The molecule has 70 valence electrons. The number of anilines is 1. The average Bonchev–Trinajstić information content (AvgIpc) is 2.48. The number of hydrogen-bond acceptors (Lipinski definition) is 5. The number of thiazole rings is 1. The summed E-state index contributed by atoms with van der Waals surface area (Å²) in [7, 11) is 5.39. The zero-order valence-corrected chi connectivity index (χ0v) is 8.68. The molecule has 0 spiro atoms. The maximum atomic E-state index is 8.55. The van der Waals surface area contributed by atoms with Crippen molar-refractivity contribution in [2.75, 3.05) is 26.1 Å². The lowest BCUT2D eigenvalue weighted by molar-refractivity contribution is 0.397. The summed E-state index contributed by atoms with van der Waals surface area (Å²) < 4.78 is 5.05. The molecule has 5 heteroatoms. The van der Waals surface area contributed by atoms with Crippen LogP contribution in [-0.4, -0.2) is 26.2 Å². The van der Waals surface area contributed by atoms with E-state index in [0.717, 1.165) is 10.0 Å². The normalized spacial score (nSPS) is 9.38. The SMILES string of the molecule is COc1nc(N(C)C)sc1CC#N. The molecule has 0 aliphatic carbocycles. The van der Waals surface area contributed by atoms with E-state index < -0.39 is 0 Å². The fourth-order valence-corrected chi connectivity index (χ4v) is 1.74. The molecule has 0 aliphatic rings. The lowest BCUT2D eigenvalue weighted by Crippen LogP contribution is -2.07. The number of rotatable bonds is 3. The van der Waals surface area contributed by atoms with E-state index in [1.807, 2.05) is 19.0 Å². The fourth-order valence-electron chi connectivity index (χ4n) is 0.860. The van der Waals surface area contributed by atoms with Crippen molar-refractivity contribution in [3.05, 3.63) is 4.88 Å². The highest BCUT2D eigenvalue weighted by atomic mass is 32.1. The highest BCUT2D eigenvalue weighted by Gasteiger charge is 2.11. The van der Waals surface area contributed by atoms with Gasteiger partial charge in [0.25, 0.3) is 0 Å². The molecule has 0 saturated heterocycles. The van der Waals surface area contributed by atoms with Crippen molar-refractivity contribution in [3.8, 4) is 11.9 Å². The quantitative estimate of drug-likeness (QED) is 0.732. The van der Waals surface area contributed by atoms with Gasteiger partial charge in [0.2, 0.25) is 5.88 Å². The van der Waals surface area contributed by atoms with Crippen LogP contribution in [0, 0.1) is 11.3 Å². The Morgan fingerprint density at radius 2 is 2.31 bits per heavy atom. The van der Waals surface area contributed by atoms with Gasteiger partial charge in [-0.15, -0.1) is 0 Å². The van der Waals surface area contributed by atoms with Gasteiger partial charge in [-0.05, 0) is 0 Å². The van der Waals surface area contributed by atoms with Crippen molar-refractivity contribution >= 4 is 16.5 Å². The number of hydrogen-bond donors (Lipinski definition) is 0. The minimum atomic E-state index is 0.356. The molecule has 1 aromatic heterocycles. The fraction of sp³-hybridized carbons (Fsp3) is 0.500. The first-order valence-electron chi connectivity index (χ1n) is 3.77. The van der Waals surface area contributed by atoms with E-state index in [0.29, 0.717) is 12.3 Å². The van der Waals surface area contributed by atoms with E-state index in [2.05, 4.69) is 11.1 Å². The predicted molar refractivity (Wildman–Crippen MR) is 52.3 cm³/mol. The number of methoxy groups -OCH3 is 1. The van der Waals surface area contributed by atoms with Crippen LogP contribution in [0.5, 0.6) is 5.88 Å². The zero-order chi connectivity index (χ0) is 9.84. The van der Waals surface area contributed by atoms with Gasteiger partial charge < -0.3 is 9.64 Å². The van der Waals surface area contributed by atoms with E-state index in [1.54, 1.807) is 7.11 Å². The van der Waals surface area contributed by atoms with Crippen LogP contribution in [0.25, 0.3) is 0 Å². The Labute approximate surface area is 81.4 Å². The summed E-state index contributed by atoms with van der Waals surface area (Å²) in [6.45, 7) is 0. The van der Waals surface area contributed by atoms with Crippen LogP contribution in [-0.2, 0) is 6.42 Å². The summed E-state index contributed by atoms with van der Waals surface area (Å²) in [4.78, 5) is 7.00. The first-order chi connectivity index (χ1) is 6.19. The van der Waals surface area contributed by atoms with Crippen LogP contribution in [0.3, 0.4) is 0 Å². The van der Waals surface area contributed by atoms with Crippen LogP contribution in [0.1, 0.15) is 4.88 Å². The number of nitrogens with zero attached hydrogens (tertiary/aromatic N) is 3. The van der Waals surface area contributed by atoms with Crippen molar-refractivity contribution in [1.29, 1.82) is 5.26 Å². The standard InChI is InChI=1S/C8H11N3OS/c1-11(2)8-10-7(12-3)6(13-8)4-5-9/h4H2,1-3H3. The highest BCUT2D eigenvalue weighted by molar-refractivity contribution is 7.15. The molecule has 1 rings (SSSR count). The van der Waals surface area contributed by atoms with Crippen molar-refractivity contribution in [3.63, 3.8) is 0 Å². The van der Waals surface area contributed by atoms with Gasteiger partial charge in [-0.3, -0.25) is 0 Å². The van der Waals surface area contributed by atoms with Crippen LogP contribution >= 0.6 is 11.3 Å². The number of ether oxygens (including phenoxy) is 1. The molecule has 0 saturated carbocycles. The summed E-state index contributed by atoms with van der Waals surface area (Å²) in [6, 6.07) is 2.08. The van der Waals surface area contributed by atoms with Gasteiger partial charge in [0.1, 0.15) is 0 Å². The first-order valence-corrected chi connectivity index (χ1v) is 4.58. The molecular formula is C8H11N3OS. The van der Waals surface area contributed by atoms with E-state index in [-0.39, 0.29) is 0 Å². The van der Waals surface area contributed by atoms with Crippen molar-refractivity contribution < 1.29 is 4.74 Å². The molecule has 0 unspecified atom stereocenters. The summed E-state index contributed by atoms with van der Waals surface area (Å²) in [5.74, 6) is 0.565. The summed E-state index contributed by atoms with van der Waals surface area (Å²) >= 11 is 1.48. The molecule has 0 radical (unpaired) electrons. The maximum absolute atomic E-state index is 8.55. The Balaban J connectivity index is 2.98. The molecule has 0 atom stereocenters. The minimum Gasteiger partial charge on any atom is -0.480 e. The Bertz CT molecular complexity index is 327.